The van der Waals surface area contributed by atoms with Crippen molar-refractivity contribution in [3.05, 3.63) is 11.3 Å². The molecule has 0 bridgehead atoms. The third kappa shape index (κ3) is 3.59. The van der Waals surface area contributed by atoms with Crippen molar-refractivity contribution in [2.45, 2.75) is 81.7 Å². The summed E-state index contributed by atoms with van der Waals surface area (Å²) in [6.45, 7) is 1.61. The van der Waals surface area contributed by atoms with Crippen molar-refractivity contribution >= 4 is 11.9 Å². The van der Waals surface area contributed by atoms with Gasteiger partial charge in [0.15, 0.2) is 0 Å². The maximum Gasteiger partial charge on any atom is 0.413 e. The largest absolute Gasteiger partial charge is 0.446 e. The van der Waals surface area contributed by atoms with Gasteiger partial charge >= 0.3 is 6.09 Å². The number of rotatable bonds is 5. The molecule has 1 heterocycles. The van der Waals surface area contributed by atoms with Crippen LogP contribution in [-0.4, -0.2) is 33.8 Å². The highest BCUT2D eigenvalue weighted by Gasteiger charge is 2.50. The molecule has 1 aromatic heterocycles. The second-order valence-corrected chi connectivity index (χ2v) is 8.62. The second kappa shape index (κ2) is 6.62. The van der Waals surface area contributed by atoms with Gasteiger partial charge in [-0.2, -0.15) is 5.10 Å². The SMILES string of the molecule is CC(OC(=O)Nc1c(C2CCC2)c(C2CC(F)(F)C2)nn1C)C1CC(F)(F)C1. The average molecular weight is 403 g/mol. The molecule has 0 radical (unpaired) electrons. The van der Waals surface area contributed by atoms with Crippen LogP contribution in [0.1, 0.15) is 75.0 Å². The Kier molecular flexibility index (Phi) is 4.62. The minimum atomic E-state index is -2.67. The van der Waals surface area contributed by atoms with E-state index < -0.39 is 24.0 Å². The smallest absolute Gasteiger partial charge is 0.413 e. The molecule has 3 fully saturated rings. The summed E-state index contributed by atoms with van der Waals surface area (Å²) in [6.07, 6.45) is 0.568. The van der Waals surface area contributed by atoms with Crippen LogP contribution >= 0.6 is 0 Å². The fourth-order valence-corrected chi connectivity index (χ4v) is 4.40. The molecule has 5 nitrogen and oxygen atoms in total. The van der Waals surface area contributed by atoms with Crippen LogP contribution in [0.4, 0.5) is 28.2 Å². The molecule has 9 heteroatoms. The fourth-order valence-electron chi connectivity index (χ4n) is 4.40. The molecule has 3 aliphatic rings. The molecule has 1 unspecified atom stereocenters. The number of anilines is 1. The number of aromatic nitrogens is 2. The number of halogens is 4. The Morgan fingerprint density at radius 1 is 1.14 bits per heavy atom. The van der Waals surface area contributed by atoms with E-state index in [1.54, 1.807) is 14.0 Å². The van der Waals surface area contributed by atoms with Crippen LogP contribution in [-0.2, 0) is 11.8 Å². The van der Waals surface area contributed by atoms with Gasteiger partial charge in [0, 0.05) is 50.1 Å². The highest BCUT2D eigenvalue weighted by atomic mass is 19.3. The summed E-state index contributed by atoms with van der Waals surface area (Å²) < 4.78 is 59.6. The molecular formula is C19H25F4N3O2. The third-order valence-electron chi connectivity index (χ3n) is 6.40. The van der Waals surface area contributed by atoms with Crippen LogP contribution in [0.2, 0.25) is 0 Å². The van der Waals surface area contributed by atoms with Gasteiger partial charge in [0.1, 0.15) is 11.9 Å². The summed E-state index contributed by atoms with van der Waals surface area (Å²) in [7, 11) is 1.66. The molecule has 1 aromatic rings. The van der Waals surface area contributed by atoms with Crippen molar-refractivity contribution < 1.29 is 27.1 Å². The Morgan fingerprint density at radius 3 is 2.25 bits per heavy atom. The lowest BCUT2D eigenvalue weighted by atomic mass is 9.73. The molecule has 1 atom stereocenters. The molecule has 1 N–H and O–H groups in total. The average Bonchev–Trinajstić information content (AvgIpc) is 2.77. The van der Waals surface area contributed by atoms with Crippen molar-refractivity contribution in [3.8, 4) is 0 Å². The first-order chi connectivity index (χ1) is 13.0. The van der Waals surface area contributed by atoms with E-state index in [0.29, 0.717) is 11.5 Å². The van der Waals surface area contributed by atoms with Gasteiger partial charge in [-0.25, -0.2) is 22.4 Å². The van der Waals surface area contributed by atoms with Gasteiger partial charge in [-0.15, -0.1) is 0 Å². The van der Waals surface area contributed by atoms with Crippen LogP contribution < -0.4 is 5.32 Å². The minimum Gasteiger partial charge on any atom is -0.446 e. The molecule has 0 spiro atoms. The summed E-state index contributed by atoms with van der Waals surface area (Å²) in [5, 5.41) is 7.12. The van der Waals surface area contributed by atoms with E-state index in [-0.39, 0.29) is 43.4 Å². The lowest BCUT2D eigenvalue weighted by Crippen LogP contribution is -2.43. The monoisotopic (exact) mass is 403 g/mol. The van der Waals surface area contributed by atoms with Crippen LogP contribution in [0.15, 0.2) is 0 Å². The number of hydrogen-bond acceptors (Lipinski definition) is 3. The van der Waals surface area contributed by atoms with Crippen LogP contribution in [0, 0.1) is 5.92 Å². The van der Waals surface area contributed by atoms with Gasteiger partial charge in [-0.05, 0) is 25.7 Å². The maximum atomic E-state index is 13.4. The van der Waals surface area contributed by atoms with Crippen molar-refractivity contribution in [1.82, 2.24) is 9.78 Å². The van der Waals surface area contributed by atoms with E-state index in [0.717, 1.165) is 24.8 Å². The number of hydrogen-bond donors (Lipinski definition) is 1. The second-order valence-electron chi connectivity index (χ2n) is 8.62. The number of ether oxygens (including phenoxy) is 1. The molecule has 0 saturated heterocycles. The first-order valence-electron chi connectivity index (χ1n) is 9.85. The van der Waals surface area contributed by atoms with E-state index in [1.807, 2.05) is 0 Å². The fraction of sp³-hybridized carbons (Fsp3) is 0.789. The summed E-state index contributed by atoms with van der Waals surface area (Å²) in [6, 6.07) is 0. The zero-order valence-electron chi connectivity index (χ0n) is 16.0. The molecular weight excluding hydrogens is 378 g/mol. The molecule has 1 amide bonds. The van der Waals surface area contributed by atoms with Crippen LogP contribution in [0.25, 0.3) is 0 Å². The molecule has 156 valence electrons. The van der Waals surface area contributed by atoms with Crippen molar-refractivity contribution in [2.24, 2.45) is 13.0 Å². The van der Waals surface area contributed by atoms with Gasteiger partial charge < -0.3 is 4.74 Å². The summed E-state index contributed by atoms with van der Waals surface area (Å²) >= 11 is 0. The van der Waals surface area contributed by atoms with E-state index in [1.165, 1.54) is 4.68 Å². The van der Waals surface area contributed by atoms with Gasteiger partial charge in [0.2, 0.25) is 11.8 Å². The molecule has 3 aliphatic carbocycles. The normalized spacial score (nSPS) is 25.4. The lowest BCUT2D eigenvalue weighted by Gasteiger charge is -2.38. The molecule has 28 heavy (non-hydrogen) atoms. The highest BCUT2D eigenvalue weighted by molar-refractivity contribution is 5.85. The topological polar surface area (TPSA) is 56.1 Å². The number of aryl methyl sites for hydroxylation is 1. The maximum absolute atomic E-state index is 13.4. The predicted octanol–water partition coefficient (Wildman–Crippen LogP) is 5.18. The zero-order chi connectivity index (χ0) is 20.3. The quantitative estimate of drug-likeness (QED) is 0.689. The lowest BCUT2D eigenvalue weighted by molar-refractivity contribution is -0.137. The number of carbonyl (C=O) groups is 1. The Labute approximate surface area is 160 Å². The van der Waals surface area contributed by atoms with Crippen molar-refractivity contribution in [3.63, 3.8) is 0 Å². The predicted molar refractivity (Wildman–Crippen MR) is 94.0 cm³/mol. The Bertz CT molecular complexity index is 759. The minimum absolute atomic E-state index is 0.191. The standard InChI is InChI=1S/C19H25F4N3O2/c1-10(12-6-18(20,21)7-12)28-17(27)24-16-14(11-4-3-5-11)15(25-26(16)2)13-8-19(22,23)9-13/h10-13H,3-9H2,1-2H3,(H,24,27). The number of carbonyl (C=O) groups excluding carboxylic acids is 1. The zero-order valence-corrected chi connectivity index (χ0v) is 16.0. The third-order valence-corrected chi connectivity index (χ3v) is 6.40. The molecule has 3 saturated carbocycles. The van der Waals surface area contributed by atoms with E-state index >= 15 is 0 Å². The van der Waals surface area contributed by atoms with Crippen LogP contribution in [0.5, 0.6) is 0 Å². The Hall–Kier alpha value is -1.80. The van der Waals surface area contributed by atoms with Gasteiger partial charge in [0.25, 0.3) is 0 Å². The van der Waals surface area contributed by atoms with Crippen LogP contribution in [0.3, 0.4) is 0 Å². The number of nitrogens with one attached hydrogen (secondary N) is 1. The van der Waals surface area contributed by atoms with Crippen molar-refractivity contribution in [2.75, 3.05) is 5.32 Å². The van der Waals surface area contributed by atoms with Crippen molar-refractivity contribution in [1.29, 1.82) is 0 Å². The molecule has 4 rings (SSSR count). The summed E-state index contributed by atoms with van der Waals surface area (Å²) in [5.41, 5.74) is 1.47. The number of amides is 1. The van der Waals surface area contributed by atoms with Gasteiger partial charge in [-0.3, -0.25) is 10.00 Å². The molecule has 0 aromatic carbocycles. The van der Waals surface area contributed by atoms with Gasteiger partial charge in [0.05, 0.1) is 5.69 Å². The summed E-state index contributed by atoms with van der Waals surface area (Å²) in [5.74, 6) is -5.32. The highest BCUT2D eigenvalue weighted by Crippen LogP contribution is 2.52. The van der Waals surface area contributed by atoms with E-state index in [2.05, 4.69) is 10.4 Å². The summed E-state index contributed by atoms with van der Waals surface area (Å²) in [4.78, 5) is 12.3. The Balaban J connectivity index is 1.46. The number of nitrogens with zero attached hydrogens (tertiary/aromatic N) is 2. The molecule has 0 aliphatic heterocycles. The van der Waals surface area contributed by atoms with Gasteiger partial charge in [-0.1, -0.05) is 6.42 Å². The number of alkyl halides is 4. The first-order valence-corrected chi connectivity index (χ1v) is 9.85. The van der Waals surface area contributed by atoms with E-state index in [4.69, 9.17) is 4.74 Å². The van der Waals surface area contributed by atoms with E-state index in [9.17, 15) is 22.4 Å². The first kappa shape index (κ1) is 19.5. The Morgan fingerprint density at radius 2 is 1.75 bits per heavy atom.